The molecule has 0 fully saturated rings. The molecule has 0 radical (unpaired) electrons. The summed E-state index contributed by atoms with van der Waals surface area (Å²) >= 11 is 0. The third-order valence-electron chi connectivity index (χ3n) is 4.57. The van der Waals surface area contributed by atoms with Crippen LogP contribution in [0.15, 0.2) is 73.1 Å². The Balaban J connectivity index is 1.50. The Morgan fingerprint density at radius 2 is 1.40 bits per heavy atom. The fourth-order valence-corrected chi connectivity index (χ4v) is 2.78. The fourth-order valence-electron chi connectivity index (χ4n) is 2.78. The Kier molecular flexibility index (Phi) is 6.80. The predicted octanol–water partition coefficient (Wildman–Crippen LogP) is 3.54. The van der Waals surface area contributed by atoms with Gasteiger partial charge in [-0.15, -0.1) is 0 Å². The van der Waals surface area contributed by atoms with Gasteiger partial charge in [-0.25, -0.2) is 9.36 Å². The molecule has 0 saturated heterocycles. The highest BCUT2D eigenvalue weighted by molar-refractivity contribution is 5.94. The van der Waals surface area contributed by atoms with Gasteiger partial charge >= 0.3 is 5.97 Å². The van der Waals surface area contributed by atoms with E-state index in [1.165, 1.54) is 6.92 Å². The molecule has 6 nitrogen and oxygen atoms in total. The molecule has 0 bridgehead atoms. The molecule has 6 heteroatoms. The lowest BCUT2D eigenvalue weighted by Crippen LogP contribution is -2.35. The molecule has 2 aromatic carbocycles. The van der Waals surface area contributed by atoms with Crippen molar-refractivity contribution in [2.75, 3.05) is 25.6 Å². The summed E-state index contributed by atoms with van der Waals surface area (Å²) in [6, 6.07) is 17.4. The fraction of sp³-hybridized carbons (Fsp3) is 0.208. The molecule has 3 aromatic rings. The number of ketones is 1. The second-order valence-electron chi connectivity index (χ2n) is 7.03. The van der Waals surface area contributed by atoms with E-state index in [9.17, 15) is 9.59 Å². The summed E-state index contributed by atoms with van der Waals surface area (Å²) in [6.45, 7) is 2.72. The summed E-state index contributed by atoms with van der Waals surface area (Å²) in [5.74, 6) is 0.576. The maximum atomic E-state index is 12.3. The first-order chi connectivity index (χ1) is 14.4. The van der Waals surface area contributed by atoms with Gasteiger partial charge in [0.05, 0.1) is 5.56 Å². The lowest BCUT2D eigenvalue weighted by Gasteiger charge is -2.10. The molecule has 0 aliphatic heterocycles. The van der Waals surface area contributed by atoms with Crippen molar-refractivity contribution in [2.45, 2.75) is 13.5 Å². The minimum Gasteiger partial charge on any atom is -0.487 e. The van der Waals surface area contributed by atoms with Crippen LogP contribution in [0.2, 0.25) is 0 Å². The van der Waals surface area contributed by atoms with Gasteiger partial charge in [-0.3, -0.25) is 4.79 Å². The number of Topliss-reactive ketones (excluding diaryl/α,β-unsaturated/α-hetero) is 1. The van der Waals surface area contributed by atoms with Gasteiger partial charge in [-0.1, -0.05) is 0 Å². The third-order valence-corrected chi connectivity index (χ3v) is 4.57. The summed E-state index contributed by atoms with van der Waals surface area (Å²) in [6.07, 6.45) is 4.03. The van der Waals surface area contributed by atoms with Crippen molar-refractivity contribution in [2.24, 2.45) is 0 Å². The lowest BCUT2D eigenvalue weighted by molar-refractivity contribution is -0.697. The zero-order valence-electron chi connectivity index (χ0n) is 17.4. The zero-order valence-corrected chi connectivity index (χ0v) is 17.4. The highest BCUT2D eigenvalue weighted by Crippen LogP contribution is 2.17. The average molecular weight is 405 g/mol. The zero-order chi connectivity index (χ0) is 21.5. The monoisotopic (exact) mass is 405 g/mol. The van der Waals surface area contributed by atoms with E-state index >= 15 is 0 Å². The SMILES string of the molecule is CC(=O)c1ccc(OC(=O)c2ccc(OCC[n+]3ccc(N(C)C)cc3)cc2)cc1. The molecule has 154 valence electrons. The lowest BCUT2D eigenvalue weighted by atomic mass is 10.1. The molecule has 0 atom stereocenters. The summed E-state index contributed by atoms with van der Waals surface area (Å²) in [4.78, 5) is 25.6. The molecule has 1 aromatic heterocycles. The molecule has 30 heavy (non-hydrogen) atoms. The maximum absolute atomic E-state index is 12.3. The number of pyridine rings is 1. The van der Waals surface area contributed by atoms with E-state index in [1.807, 2.05) is 38.6 Å². The van der Waals surface area contributed by atoms with Crippen molar-refractivity contribution < 1.29 is 23.6 Å². The Hall–Kier alpha value is -3.67. The Bertz CT molecular complexity index is 995. The largest absolute Gasteiger partial charge is 0.487 e. The van der Waals surface area contributed by atoms with Crippen LogP contribution in [0.1, 0.15) is 27.6 Å². The summed E-state index contributed by atoms with van der Waals surface area (Å²) < 4.78 is 13.2. The molecule has 3 rings (SSSR count). The number of aromatic nitrogens is 1. The predicted molar refractivity (Wildman–Crippen MR) is 114 cm³/mol. The number of hydrogen-bond acceptors (Lipinski definition) is 5. The summed E-state index contributed by atoms with van der Waals surface area (Å²) in [5, 5.41) is 0. The number of carbonyl (C=O) groups is 2. The van der Waals surface area contributed by atoms with Crippen LogP contribution in [0.5, 0.6) is 11.5 Å². The van der Waals surface area contributed by atoms with Crippen LogP contribution in [-0.2, 0) is 6.54 Å². The van der Waals surface area contributed by atoms with Gasteiger partial charge in [0.1, 0.15) is 18.1 Å². The average Bonchev–Trinajstić information content (AvgIpc) is 2.75. The minimum absolute atomic E-state index is 0.0348. The second kappa shape index (κ2) is 9.69. The molecular formula is C24H25N2O4+. The molecule has 0 amide bonds. The van der Waals surface area contributed by atoms with Crippen LogP contribution in [0.25, 0.3) is 0 Å². The van der Waals surface area contributed by atoms with E-state index in [1.54, 1.807) is 48.5 Å². The Morgan fingerprint density at radius 3 is 1.97 bits per heavy atom. The van der Waals surface area contributed by atoms with E-state index in [-0.39, 0.29) is 5.78 Å². The van der Waals surface area contributed by atoms with Crippen LogP contribution in [0, 0.1) is 0 Å². The molecular weight excluding hydrogens is 380 g/mol. The Labute approximate surface area is 176 Å². The van der Waals surface area contributed by atoms with Crippen molar-refractivity contribution >= 4 is 17.4 Å². The van der Waals surface area contributed by atoms with Gasteiger partial charge in [0, 0.05) is 37.5 Å². The first kappa shape index (κ1) is 21.0. The second-order valence-corrected chi connectivity index (χ2v) is 7.03. The molecule has 0 unspecified atom stereocenters. The van der Waals surface area contributed by atoms with Crippen LogP contribution in [0.4, 0.5) is 5.69 Å². The van der Waals surface area contributed by atoms with Crippen molar-refractivity contribution in [1.82, 2.24) is 0 Å². The van der Waals surface area contributed by atoms with E-state index in [0.29, 0.717) is 35.8 Å². The molecule has 1 heterocycles. The highest BCUT2D eigenvalue weighted by atomic mass is 16.5. The number of hydrogen-bond donors (Lipinski definition) is 0. The van der Waals surface area contributed by atoms with Gasteiger partial charge in [0.15, 0.2) is 24.7 Å². The summed E-state index contributed by atoms with van der Waals surface area (Å²) in [7, 11) is 4.01. The smallest absolute Gasteiger partial charge is 0.343 e. The molecule has 0 N–H and O–H groups in total. The van der Waals surface area contributed by atoms with Crippen molar-refractivity contribution in [1.29, 1.82) is 0 Å². The van der Waals surface area contributed by atoms with Gasteiger partial charge in [0.25, 0.3) is 0 Å². The van der Waals surface area contributed by atoms with Crippen LogP contribution < -0.4 is 18.9 Å². The molecule has 0 aliphatic carbocycles. The minimum atomic E-state index is -0.464. The number of carbonyl (C=O) groups excluding carboxylic acids is 2. The van der Waals surface area contributed by atoms with Crippen LogP contribution in [0.3, 0.4) is 0 Å². The number of esters is 1. The highest BCUT2D eigenvalue weighted by Gasteiger charge is 2.10. The summed E-state index contributed by atoms with van der Waals surface area (Å²) in [5.41, 5.74) is 2.14. The molecule has 0 spiro atoms. The standard InChI is InChI=1S/C24H25N2O4/c1-18(27)19-4-10-23(11-5-19)30-24(28)20-6-8-22(9-7-20)29-17-16-26-14-12-21(13-15-26)25(2)3/h4-15H,16-17H2,1-3H3/q+1. The Morgan fingerprint density at radius 1 is 0.833 bits per heavy atom. The topological polar surface area (TPSA) is 59.7 Å². The number of rotatable bonds is 8. The van der Waals surface area contributed by atoms with Crippen molar-refractivity contribution in [3.63, 3.8) is 0 Å². The van der Waals surface area contributed by atoms with Crippen LogP contribution in [-0.4, -0.2) is 32.5 Å². The normalized spacial score (nSPS) is 10.4. The van der Waals surface area contributed by atoms with Crippen molar-refractivity contribution in [3.8, 4) is 11.5 Å². The van der Waals surface area contributed by atoms with Gasteiger partial charge < -0.3 is 14.4 Å². The number of benzene rings is 2. The number of ether oxygens (including phenoxy) is 2. The van der Waals surface area contributed by atoms with Crippen molar-refractivity contribution in [3.05, 3.63) is 84.2 Å². The van der Waals surface area contributed by atoms with Gasteiger partial charge in [0.2, 0.25) is 0 Å². The first-order valence-corrected chi connectivity index (χ1v) is 9.65. The first-order valence-electron chi connectivity index (χ1n) is 9.65. The van der Waals surface area contributed by atoms with E-state index in [2.05, 4.69) is 9.47 Å². The third kappa shape index (κ3) is 5.67. The quantitative estimate of drug-likeness (QED) is 0.248. The van der Waals surface area contributed by atoms with E-state index in [4.69, 9.17) is 9.47 Å². The van der Waals surface area contributed by atoms with Crippen LogP contribution >= 0.6 is 0 Å². The molecule has 0 aliphatic rings. The number of anilines is 1. The molecule has 0 saturated carbocycles. The van der Waals surface area contributed by atoms with E-state index < -0.39 is 5.97 Å². The number of nitrogens with zero attached hydrogens (tertiary/aromatic N) is 2. The van der Waals surface area contributed by atoms with E-state index in [0.717, 1.165) is 5.69 Å². The van der Waals surface area contributed by atoms with Gasteiger partial charge in [-0.05, 0) is 55.5 Å². The maximum Gasteiger partial charge on any atom is 0.343 e. The van der Waals surface area contributed by atoms with Gasteiger partial charge in [-0.2, -0.15) is 0 Å².